The van der Waals surface area contributed by atoms with Gasteiger partial charge in [0.2, 0.25) is 0 Å². The fourth-order valence-corrected chi connectivity index (χ4v) is 1.87. The third-order valence-electron chi connectivity index (χ3n) is 4.01. The van der Waals surface area contributed by atoms with Gasteiger partial charge in [0.05, 0.1) is 0 Å². The lowest BCUT2D eigenvalue weighted by Crippen LogP contribution is -2.36. The average Bonchev–Trinajstić information content (AvgIpc) is 2.75. The molecule has 0 radical (unpaired) electrons. The Labute approximate surface area is 205 Å². The second-order valence-corrected chi connectivity index (χ2v) is 8.56. The SMILES string of the molecule is CC(C)C(N)C(=O)O.CCC(C)C(N)C(=O)O.CSCCC(N)C(=O)O.NC(CS)C(=O)O. The van der Waals surface area contributed by atoms with Crippen LogP contribution in [0.4, 0.5) is 0 Å². The maximum Gasteiger partial charge on any atom is 0.321 e. The Bertz CT molecular complexity index is 556. The predicted molar refractivity (Wildman–Crippen MR) is 134 cm³/mol. The Kier molecular flexibility index (Phi) is 27.6. The van der Waals surface area contributed by atoms with Crippen LogP contribution in [0.2, 0.25) is 0 Å². The number of rotatable bonds is 11. The highest BCUT2D eigenvalue weighted by molar-refractivity contribution is 7.98. The van der Waals surface area contributed by atoms with E-state index in [9.17, 15) is 19.2 Å². The zero-order chi connectivity index (χ0) is 27.3. The Morgan fingerprint density at radius 3 is 1.30 bits per heavy atom. The quantitative estimate of drug-likeness (QED) is 0.163. The third kappa shape index (κ3) is 26.6. The molecule has 0 aliphatic carbocycles. The molecular weight excluding hydrogens is 476 g/mol. The van der Waals surface area contributed by atoms with Crippen LogP contribution in [0.5, 0.6) is 0 Å². The first-order valence-corrected chi connectivity index (χ1v) is 12.1. The van der Waals surface area contributed by atoms with Crippen molar-refractivity contribution in [2.75, 3.05) is 17.8 Å². The molecule has 0 saturated heterocycles. The second-order valence-electron chi connectivity index (χ2n) is 7.21. The Morgan fingerprint density at radius 1 is 0.788 bits per heavy atom. The van der Waals surface area contributed by atoms with Gasteiger partial charge >= 0.3 is 23.9 Å². The van der Waals surface area contributed by atoms with Crippen molar-refractivity contribution in [2.24, 2.45) is 34.8 Å². The summed E-state index contributed by atoms with van der Waals surface area (Å²) >= 11 is 5.25. The van der Waals surface area contributed by atoms with Crippen molar-refractivity contribution in [3.8, 4) is 0 Å². The van der Waals surface area contributed by atoms with Gasteiger partial charge in [-0.2, -0.15) is 24.4 Å². The van der Waals surface area contributed by atoms with Crippen LogP contribution in [0.1, 0.15) is 40.5 Å². The molecule has 0 bridgehead atoms. The summed E-state index contributed by atoms with van der Waals surface area (Å²) in [4.78, 5) is 40.0. The molecule has 12 nitrogen and oxygen atoms in total. The van der Waals surface area contributed by atoms with Gasteiger partial charge in [0, 0.05) is 5.75 Å². The van der Waals surface area contributed by atoms with Gasteiger partial charge in [-0.3, -0.25) is 19.2 Å². The number of aliphatic carboxylic acids is 4. The molecule has 0 rings (SSSR count). The zero-order valence-electron chi connectivity index (χ0n) is 19.9. The number of hydrogen-bond donors (Lipinski definition) is 9. The molecule has 0 heterocycles. The molecule has 14 heteroatoms. The van der Waals surface area contributed by atoms with Crippen LogP contribution in [0.3, 0.4) is 0 Å². The summed E-state index contributed by atoms with van der Waals surface area (Å²) in [7, 11) is 0. The van der Waals surface area contributed by atoms with Crippen molar-refractivity contribution in [2.45, 2.75) is 64.7 Å². The molecule has 0 aromatic heterocycles. The van der Waals surface area contributed by atoms with E-state index < -0.39 is 48.0 Å². The normalized spacial score (nSPS) is 14.4. The van der Waals surface area contributed by atoms with Gasteiger partial charge in [0.15, 0.2) is 0 Å². The summed E-state index contributed by atoms with van der Waals surface area (Å²) in [6.45, 7) is 7.31. The molecule has 0 aliphatic heterocycles. The standard InChI is InChI=1S/C6H13NO2.C5H11NO2S.C5H11NO2.C3H7NO2S/c1-3-4(2)5(7)6(8)9;1-9-3-2-4(6)5(7)8;1-3(2)4(6)5(7)8;4-2(1-7)3(5)6/h4-5H,3,7H2,1-2H3,(H,8,9);4H,2-3,6H2,1H3,(H,7,8);3-4H,6H2,1-2H3,(H,7,8);2,7H,1,4H2,(H,5,6). The van der Waals surface area contributed by atoms with Crippen LogP contribution >= 0.6 is 24.4 Å². The largest absolute Gasteiger partial charge is 0.480 e. The van der Waals surface area contributed by atoms with Crippen LogP contribution in [0.15, 0.2) is 0 Å². The summed E-state index contributed by atoms with van der Waals surface area (Å²) in [5.41, 5.74) is 20.6. The number of carboxylic acids is 4. The van der Waals surface area contributed by atoms with E-state index in [0.29, 0.717) is 6.42 Å². The lowest BCUT2D eigenvalue weighted by Gasteiger charge is -2.11. The monoisotopic (exact) mass is 518 g/mol. The number of thiol groups is 1. The molecule has 33 heavy (non-hydrogen) atoms. The summed E-state index contributed by atoms with van der Waals surface area (Å²) in [6, 6.07) is -2.91. The Balaban J connectivity index is -0.000000171. The van der Waals surface area contributed by atoms with Crippen LogP contribution in [-0.2, 0) is 19.2 Å². The molecule has 0 amide bonds. The zero-order valence-corrected chi connectivity index (χ0v) is 21.6. The smallest absolute Gasteiger partial charge is 0.321 e. The van der Waals surface area contributed by atoms with E-state index in [1.807, 2.05) is 20.1 Å². The molecule has 0 saturated carbocycles. The second kappa shape index (κ2) is 23.6. The number of carbonyl (C=O) groups is 4. The minimum Gasteiger partial charge on any atom is -0.480 e. The molecular formula is C19H42N4O8S2. The van der Waals surface area contributed by atoms with Gasteiger partial charge in [-0.05, 0) is 30.3 Å². The minimum absolute atomic E-state index is 0.0208. The lowest BCUT2D eigenvalue weighted by molar-refractivity contribution is -0.140. The third-order valence-corrected chi connectivity index (χ3v) is 5.05. The van der Waals surface area contributed by atoms with E-state index in [0.717, 1.165) is 12.2 Å². The average molecular weight is 519 g/mol. The van der Waals surface area contributed by atoms with E-state index in [1.54, 1.807) is 25.6 Å². The highest BCUT2D eigenvalue weighted by atomic mass is 32.2. The van der Waals surface area contributed by atoms with Crippen LogP contribution < -0.4 is 22.9 Å². The number of carboxylic acid groups (broad SMARTS) is 4. The van der Waals surface area contributed by atoms with E-state index in [2.05, 4.69) is 12.6 Å². The Morgan fingerprint density at radius 2 is 1.18 bits per heavy atom. The lowest BCUT2D eigenvalue weighted by atomic mass is 10.0. The molecule has 0 aromatic carbocycles. The molecule has 0 spiro atoms. The highest BCUT2D eigenvalue weighted by Crippen LogP contribution is 2.04. The molecule has 5 atom stereocenters. The summed E-state index contributed by atoms with van der Waals surface area (Å²) < 4.78 is 0. The first-order chi connectivity index (χ1) is 15.0. The summed E-state index contributed by atoms with van der Waals surface area (Å²) in [6.07, 6.45) is 3.29. The summed E-state index contributed by atoms with van der Waals surface area (Å²) in [5, 5.41) is 32.9. The van der Waals surface area contributed by atoms with E-state index in [4.69, 9.17) is 43.4 Å². The fourth-order valence-electron chi connectivity index (χ4n) is 1.23. The molecule has 0 aromatic rings. The topological polar surface area (TPSA) is 253 Å². The van der Waals surface area contributed by atoms with Crippen molar-refractivity contribution >= 4 is 48.3 Å². The Hall–Kier alpha value is -1.58. The van der Waals surface area contributed by atoms with Crippen molar-refractivity contribution < 1.29 is 39.6 Å². The van der Waals surface area contributed by atoms with Gasteiger partial charge in [-0.15, -0.1) is 0 Å². The van der Waals surface area contributed by atoms with Crippen LogP contribution in [-0.4, -0.2) is 86.2 Å². The van der Waals surface area contributed by atoms with Gasteiger partial charge in [-0.25, -0.2) is 0 Å². The number of hydrogen-bond acceptors (Lipinski definition) is 10. The minimum atomic E-state index is -1.00. The first kappa shape index (κ1) is 38.7. The van der Waals surface area contributed by atoms with Crippen molar-refractivity contribution in [1.82, 2.24) is 0 Å². The fraction of sp³-hybridized carbons (Fsp3) is 0.789. The van der Waals surface area contributed by atoms with E-state index >= 15 is 0 Å². The van der Waals surface area contributed by atoms with Crippen LogP contribution in [0.25, 0.3) is 0 Å². The van der Waals surface area contributed by atoms with Gasteiger partial charge in [0.1, 0.15) is 24.2 Å². The van der Waals surface area contributed by atoms with Gasteiger partial charge in [-0.1, -0.05) is 34.1 Å². The number of nitrogens with two attached hydrogens (primary N) is 4. The van der Waals surface area contributed by atoms with Crippen molar-refractivity contribution in [1.29, 1.82) is 0 Å². The highest BCUT2D eigenvalue weighted by Gasteiger charge is 2.17. The predicted octanol–water partition coefficient (Wildman–Crippen LogP) is -0.0218. The molecule has 12 N–H and O–H groups in total. The summed E-state index contributed by atoms with van der Waals surface area (Å²) in [5.74, 6) is -2.67. The maximum atomic E-state index is 10.2. The van der Waals surface area contributed by atoms with Crippen molar-refractivity contribution in [3.05, 3.63) is 0 Å². The number of thioether (sulfide) groups is 1. The van der Waals surface area contributed by atoms with Gasteiger partial charge in [0.25, 0.3) is 0 Å². The molecule has 5 unspecified atom stereocenters. The molecule has 198 valence electrons. The van der Waals surface area contributed by atoms with E-state index in [-0.39, 0.29) is 17.6 Å². The van der Waals surface area contributed by atoms with Crippen LogP contribution in [0, 0.1) is 11.8 Å². The maximum absolute atomic E-state index is 10.2. The molecule has 0 fully saturated rings. The molecule has 0 aliphatic rings. The first-order valence-electron chi connectivity index (χ1n) is 10.0. The van der Waals surface area contributed by atoms with E-state index in [1.165, 1.54) is 0 Å². The van der Waals surface area contributed by atoms with Crippen molar-refractivity contribution in [3.63, 3.8) is 0 Å². The van der Waals surface area contributed by atoms with Gasteiger partial charge < -0.3 is 43.4 Å².